The van der Waals surface area contributed by atoms with Gasteiger partial charge in [-0.3, -0.25) is 10.1 Å². The monoisotopic (exact) mass is 374 g/mol. The van der Waals surface area contributed by atoms with E-state index >= 15 is 0 Å². The molecule has 1 N–H and O–H groups in total. The third-order valence-electron chi connectivity index (χ3n) is 3.52. The topological polar surface area (TPSA) is 51.2 Å². The Hall–Kier alpha value is -2.80. The number of halogens is 2. The first-order valence-electron chi connectivity index (χ1n) is 7.82. The molecule has 0 saturated heterocycles. The summed E-state index contributed by atoms with van der Waals surface area (Å²) < 4.78 is 32.6. The maximum atomic E-state index is 13.8. The number of hydrogen-bond acceptors (Lipinski definition) is 4. The normalized spacial score (nSPS) is 10.6. The molecule has 134 valence electrons. The number of carbonyl (C=O) groups is 1. The second-order valence-electron chi connectivity index (χ2n) is 5.82. The quantitative estimate of drug-likeness (QED) is 0.703. The number of benzene rings is 2. The van der Waals surface area contributed by atoms with Crippen LogP contribution in [0.5, 0.6) is 5.75 Å². The minimum Gasteiger partial charge on any atom is -0.484 e. The molecule has 0 bridgehead atoms. The lowest BCUT2D eigenvalue weighted by Crippen LogP contribution is -2.20. The van der Waals surface area contributed by atoms with Crippen LogP contribution < -0.4 is 10.1 Å². The molecule has 0 aliphatic rings. The van der Waals surface area contributed by atoms with Crippen LogP contribution in [-0.4, -0.2) is 17.5 Å². The Morgan fingerprint density at radius 1 is 1.15 bits per heavy atom. The van der Waals surface area contributed by atoms with E-state index in [1.807, 2.05) is 32.0 Å². The van der Waals surface area contributed by atoms with E-state index in [1.54, 1.807) is 5.38 Å². The summed E-state index contributed by atoms with van der Waals surface area (Å²) in [5.41, 5.74) is 2.40. The Morgan fingerprint density at radius 2 is 1.88 bits per heavy atom. The van der Waals surface area contributed by atoms with E-state index in [0.717, 1.165) is 40.7 Å². The second-order valence-corrected chi connectivity index (χ2v) is 6.68. The van der Waals surface area contributed by atoms with Crippen LogP contribution in [-0.2, 0) is 4.79 Å². The van der Waals surface area contributed by atoms with Crippen molar-refractivity contribution >= 4 is 22.4 Å². The molecular weight excluding hydrogens is 358 g/mol. The number of nitrogens with zero attached hydrogens (tertiary/aromatic N) is 1. The Bertz CT molecular complexity index is 936. The fraction of sp³-hybridized carbons (Fsp3) is 0.158. The van der Waals surface area contributed by atoms with Gasteiger partial charge in [0.2, 0.25) is 0 Å². The predicted octanol–water partition coefficient (Wildman–Crippen LogP) is 4.72. The summed E-state index contributed by atoms with van der Waals surface area (Å²) in [5.74, 6) is -0.904. The minimum atomic E-state index is -0.576. The highest BCUT2D eigenvalue weighted by Crippen LogP contribution is 2.27. The van der Waals surface area contributed by atoms with Crippen LogP contribution in [0.15, 0.2) is 41.8 Å². The summed E-state index contributed by atoms with van der Waals surface area (Å²) in [6, 6.07) is 8.84. The number of nitrogens with one attached hydrogen (secondary N) is 1. The average Bonchev–Trinajstić information content (AvgIpc) is 3.02. The van der Waals surface area contributed by atoms with Crippen molar-refractivity contribution < 1.29 is 18.3 Å². The first-order chi connectivity index (χ1) is 12.4. The number of anilines is 1. The highest BCUT2D eigenvalue weighted by molar-refractivity contribution is 7.14. The molecule has 0 spiro atoms. The Morgan fingerprint density at radius 3 is 2.62 bits per heavy atom. The summed E-state index contributed by atoms with van der Waals surface area (Å²) in [7, 11) is 0. The molecule has 7 heteroatoms. The van der Waals surface area contributed by atoms with Crippen LogP contribution in [0, 0.1) is 25.5 Å². The van der Waals surface area contributed by atoms with Crippen LogP contribution in [0.1, 0.15) is 11.1 Å². The molecular formula is C19H16F2N2O2S. The molecule has 0 unspecified atom stereocenters. The fourth-order valence-corrected chi connectivity index (χ4v) is 3.20. The second kappa shape index (κ2) is 7.61. The van der Waals surface area contributed by atoms with Gasteiger partial charge in [0.15, 0.2) is 11.7 Å². The molecule has 3 rings (SSSR count). The predicted molar refractivity (Wildman–Crippen MR) is 97.5 cm³/mol. The zero-order chi connectivity index (χ0) is 18.7. The van der Waals surface area contributed by atoms with Gasteiger partial charge in [-0.2, -0.15) is 0 Å². The fourth-order valence-electron chi connectivity index (χ4n) is 2.47. The highest BCUT2D eigenvalue weighted by atomic mass is 32.1. The Labute approximate surface area is 153 Å². The summed E-state index contributed by atoms with van der Waals surface area (Å²) in [4.78, 5) is 16.1. The lowest BCUT2D eigenvalue weighted by Gasteiger charge is -2.07. The van der Waals surface area contributed by atoms with E-state index in [2.05, 4.69) is 10.3 Å². The first-order valence-corrected chi connectivity index (χ1v) is 8.70. The van der Waals surface area contributed by atoms with E-state index < -0.39 is 11.6 Å². The maximum absolute atomic E-state index is 13.8. The van der Waals surface area contributed by atoms with Crippen molar-refractivity contribution in [1.82, 2.24) is 4.98 Å². The summed E-state index contributed by atoms with van der Waals surface area (Å²) >= 11 is 1.13. The van der Waals surface area contributed by atoms with Gasteiger partial charge in [-0.05, 0) is 55.3 Å². The molecule has 1 aromatic heterocycles. The van der Waals surface area contributed by atoms with Crippen LogP contribution in [0.2, 0.25) is 0 Å². The van der Waals surface area contributed by atoms with Gasteiger partial charge in [-0.1, -0.05) is 6.07 Å². The molecule has 0 atom stereocenters. The minimum absolute atomic E-state index is 0.0493. The van der Waals surface area contributed by atoms with Crippen LogP contribution >= 0.6 is 11.3 Å². The molecule has 0 aliphatic heterocycles. The lowest BCUT2D eigenvalue weighted by molar-refractivity contribution is -0.118. The van der Waals surface area contributed by atoms with Gasteiger partial charge in [-0.15, -0.1) is 11.3 Å². The van der Waals surface area contributed by atoms with E-state index in [0.29, 0.717) is 5.75 Å². The first kappa shape index (κ1) is 18.0. The smallest absolute Gasteiger partial charge is 0.264 e. The average molecular weight is 374 g/mol. The van der Waals surface area contributed by atoms with Gasteiger partial charge in [0.25, 0.3) is 5.91 Å². The highest BCUT2D eigenvalue weighted by Gasteiger charge is 2.12. The Balaban J connectivity index is 1.63. The molecule has 0 radical (unpaired) electrons. The number of ether oxygens (including phenoxy) is 1. The van der Waals surface area contributed by atoms with Crippen LogP contribution in [0.3, 0.4) is 0 Å². The van der Waals surface area contributed by atoms with Crippen molar-refractivity contribution in [3.05, 3.63) is 64.5 Å². The summed E-state index contributed by atoms with van der Waals surface area (Å²) in [6.45, 7) is 3.72. The number of carbonyl (C=O) groups excluding carboxylic acids is 1. The van der Waals surface area contributed by atoms with Crippen molar-refractivity contribution in [2.45, 2.75) is 13.8 Å². The van der Waals surface area contributed by atoms with Crippen LogP contribution in [0.4, 0.5) is 13.9 Å². The standard InChI is InChI=1S/C19H16F2N2O2S/c1-11-5-12(2)7-14(6-11)25-9-18(24)23-19-22-17(10-26-19)15-8-13(20)3-4-16(15)21/h3-8,10H,9H2,1-2H3,(H,22,23,24). The Kier molecular flexibility index (Phi) is 5.27. The SMILES string of the molecule is Cc1cc(C)cc(OCC(=O)Nc2nc(-c3cc(F)ccc3F)cs2)c1. The summed E-state index contributed by atoms with van der Waals surface area (Å²) in [6.07, 6.45) is 0. The van der Waals surface area contributed by atoms with Gasteiger partial charge in [0.05, 0.1) is 5.69 Å². The van der Waals surface area contributed by atoms with Crippen molar-refractivity contribution in [3.63, 3.8) is 0 Å². The van der Waals surface area contributed by atoms with E-state index in [1.165, 1.54) is 0 Å². The number of aryl methyl sites for hydroxylation is 2. The van der Waals surface area contributed by atoms with Crippen molar-refractivity contribution in [3.8, 4) is 17.0 Å². The van der Waals surface area contributed by atoms with E-state index in [-0.39, 0.29) is 28.9 Å². The summed E-state index contributed by atoms with van der Waals surface area (Å²) in [5, 5.41) is 4.44. The van der Waals surface area contributed by atoms with Crippen molar-refractivity contribution in [1.29, 1.82) is 0 Å². The van der Waals surface area contributed by atoms with Gasteiger partial charge in [-0.25, -0.2) is 13.8 Å². The van der Waals surface area contributed by atoms with Crippen molar-refractivity contribution in [2.75, 3.05) is 11.9 Å². The number of amides is 1. The van der Waals surface area contributed by atoms with Gasteiger partial charge < -0.3 is 4.74 Å². The van der Waals surface area contributed by atoms with Crippen molar-refractivity contribution in [2.24, 2.45) is 0 Å². The molecule has 1 amide bonds. The molecule has 4 nitrogen and oxygen atoms in total. The number of aromatic nitrogens is 1. The van der Waals surface area contributed by atoms with Gasteiger partial charge >= 0.3 is 0 Å². The molecule has 2 aromatic carbocycles. The zero-order valence-corrected chi connectivity index (χ0v) is 15.0. The van der Waals surface area contributed by atoms with Gasteiger partial charge in [0, 0.05) is 10.9 Å². The zero-order valence-electron chi connectivity index (χ0n) is 14.2. The van der Waals surface area contributed by atoms with Gasteiger partial charge in [0.1, 0.15) is 17.4 Å². The van der Waals surface area contributed by atoms with Crippen LogP contribution in [0.25, 0.3) is 11.3 Å². The number of thiazole rings is 1. The lowest BCUT2D eigenvalue weighted by atomic mass is 10.1. The third kappa shape index (κ3) is 4.43. The van der Waals surface area contributed by atoms with E-state index in [9.17, 15) is 13.6 Å². The molecule has 0 aliphatic carbocycles. The number of rotatable bonds is 5. The number of hydrogen-bond donors (Lipinski definition) is 1. The third-order valence-corrected chi connectivity index (χ3v) is 4.28. The molecule has 0 saturated carbocycles. The molecule has 1 heterocycles. The molecule has 3 aromatic rings. The largest absolute Gasteiger partial charge is 0.484 e. The van der Waals surface area contributed by atoms with E-state index in [4.69, 9.17) is 4.74 Å². The maximum Gasteiger partial charge on any atom is 0.264 e. The molecule has 0 fully saturated rings. The molecule has 26 heavy (non-hydrogen) atoms.